The Kier molecular flexibility index (Phi) is 1.95. The minimum atomic E-state index is 0.602. The van der Waals surface area contributed by atoms with Gasteiger partial charge in [0.15, 0.2) is 0 Å². The number of hydrogen-bond acceptors (Lipinski definition) is 3. The van der Waals surface area contributed by atoms with E-state index in [1.807, 2.05) is 25.4 Å². The van der Waals surface area contributed by atoms with Crippen molar-refractivity contribution in [3.8, 4) is 17.3 Å². The van der Waals surface area contributed by atoms with Crippen LogP contribution in [0.4, 0.5) is 0 Å². The Hall–Kier alpha value is -2.61. The highest BCUT2D eigenvalue weighted by molar-refractivity contribution is 5.86. The van der Waals surface area contributed by atoms with Crippen molar-refractivity contribution in [2.45, 2.75) is 0 Å². The summed E-state index contributed by atoms with van der Waals surface area (Å²) < 4.78 is 1.74. The zero-order valence-electron chi connectivity index (χ0n) is 9.18. The maximum Gasteiger partial charge on any atom is 0.138 e. The maximum atomic E-state index is 8.97. The molecular weight excluding hydrogens is 214 g/mol. The van der Waals surface area contributed by atoms with Gasteiger partial charge in [-0.15, -0.1) is 0 Å². The Labute approximate surface area is 97.3 Å². The van der Waals surface area contributed by atoms with E-state index in [4.69, 9.17) is 5.26 Å². The second-order valence-corrected chi connectivity index (χ2v) is 3.81. The van der Waals surface area contributed by atoms with Crippen LogP contribution in [0.3, 0.4) is 0 Å². The molecule has 3 aromatic rings. The van der Waals surface area contributed by atoms with Crippen LogP contribution in [0.25, 0.3) is 22.3 Å². The normalized spacial score (nSPS) is 10.6. The van der Waals surface area contributed by atoms with E-state index in [0.717, 1.165) is 22.3 Å². The number of nitrogens with zero attached hydrogens (tertiary/aromatic N) is 4. The second kappa shape index (κ2) is 3.46. The van der Waals surface area contributed by atoms with Crippen molar-refractivity contribution in [2.24, 2.45) is 7.05 Å². The first-order valence-electron chi connectivity index (χ1n) is 5.15. The summed E-state index contributed by atoms with van der Waals surface area (Å²) in [5.41, 5.74) is 3.09. The summed E-state index contributed by atoms with van der Waals surface area (Å²) in [6.45, 7) is 0. The number of rotatable bonds is 1. The van der Waals surface area contributed by atoms with Gasteiger partial charge in [-0.3, -0.25) is 4.68 Å². The van der Waals surface area contributed by atoms with Gasteiger partial charge < -0.3 is 4.98 Å². The lowest BCUT2D eigenvalue weighted by molar-refractivity contribution is 0.771. The van der Waals surface area contributed by atoms with Crippen LogP contribution >= 0.6 is 0 Å². The van der Waals surface area contributed by atoms with E-state index in [1.165, 1.54) is 0 Å². The minimum absolute atomic E-state index is 0.602. The predicted molar refractivity (Wildman–Crippen MR) is 63.0 cm³/mol. The van der Waals surface area contributed by atoms with E-state index >= 15 is 0 Å². The van der Waals surface area contributed by atoms with Gasteiger partial charge in [-0.1, -0.05) is 0 Å². The molecule has 0 aliphatic heterocycles. The van der Waals surface area contributed by atoms with Crippen molar-refractivity contribution < 1.29 is 0 Å². The molecule has 0 aliphatic carbocycles. The van der Waals surface area contributed by atoms with Crippen molar-refractivity contribution in [3.63, 3.8) is 0 Å². The first-order valence-corrected chi connectivity index (χ1v) is 5.15. The van der Waals surface area contributed by atoms with E-state index in [0.29, 0.717) is 5.56 Å². The third kappa shape index (κ3) is 1.47. The number of aryl methyl sites for hydroxylation is 1. The third-order valence-corrected chi connectivity index (χ3v) is 2.66. The Morgan fingerprint density at radius 1 is 1.47 bits per heavy atom. The Balaban J connectivity index is 2.22. The monoisotopic (exact) mass is 223 g/mol. The van der Waals surface area contributed by atoms with Crippen LogP contribution in [0.5, 0.6) is 0 Å². The van der Waals surface area contributed by atoms with Gasteiger partial charge >= 0.3 is 0 Å². The lowest BCUT2D eigenvalue weighted by atomic mass is 10.1. The van der Waals surface area contributed by atoms with Crippen molar-refractivity contribution in [1.82, 2.24) is 19.7 Å². The number of pyridine rings is 1. The number of H-pyrrole nitrogens is 1. The van der Waals surface area contributed by atoms with Crippen LogP contribution in [0.2, 0.25) is 0 Å². The topological polar surface area (TPSA) is 70.3 Å². The van der Waals surface area contributed by atoms with Crippen molar-refractivity contribution in [3.05, 3.63) is 36.3 Å². The molecule has 82 valence electrons. The fraction of sp³-hybridized carbons (Fsp3) is 0.0833. The van der Waals surface area contributed by atoms with Crippen LogP contribution in [0.1, 0.15) is 5.56 Å². The molecule has 0 amide bonds. The van der Waals surface area contributed by atoms with E-state index in [1.54, 1.807) is 17.1 Å². The number of aromatic nitrogens is 4. The summed E-state index contributed by atoms with van der Waals surface area (Å²) in [5.74, 6) is 0. The summed E-state index contributed by atoms with van der Waals surface area (Å²) >= 11 is 0. The third-order valence-electron chi connectivity index (χ3n) is 2.66. The second-order valence-electron chi connectivity index (χ2n) is 3.81. The van der Waals surface area contributed by atoms with Gasteiger partial charge in [0.25, 0.3) is 0 Å². The highest BCUT2D eigenvalue weighted by Gasteiger charge is 2.07. The molecule has 0 spiro atoms. The van der Waals surface area contributed by atoms with E-state index < -0.39 is 0 Å². The molecule has 0 aliphatic rings. The van der Waals surface area contributed by atoms with Crippen LogP contribution in [-0.2, 0) is 7.05 Å². The van der Waals surface area contributed by atoms with Crippen molar-refractivity contribution in [2.75, 3.05) is 0 Å². The van der Waals surface area contributed by atoms with Crippen molar-refractivity contribution >= 4 is 11.0 Å². The molecule has 5 nitrogen and oxygen atoms in total. The summed E-state index contributed by atoms with van der Waals surface area (Å²) in [6.07, 6.45) is 5.30. The molecule has 0 radical (unpaired) electrons. The number of fused-ring (bicyclic) bond motifs is 1. The lowest BCUT2D eigenvalue weighted by Gasteiger charge is -1.96. The van der Waals surface area contributed by atoms with Crippen LogP contribution in [0.15, 0.2) is 30.7 Å². The first kappa shape index (κ1) is 9.60. The van der Waals surface area contributed by atoms with E-state index in [2.05, 4.69) is 21.1 Å². The van der Waals surface area contributed by atoms with Gasteiger partial charge in [-0.2, -0.15) is 10.4 Å². The fourth-order valence-electron chi connectivity index (χ4n) is 1.80. The Bertz CT molecular complexity index is 729. The SMILES string of the molecule is Cn1ccc(-c2cnc3[nH]cc(C#N)c3c2)n1. The maximum absolute atomic E-state index is 8.97. The number of aromatic amines is 1. The largest absolute Gasteiger partial charge is 0.345 e. The van der Waals surface area contributed by atoms with Gasteiger partial charge in [0.05, 0.1) is 11.3 Å². The minimum Gasteiger partial charge on any atom is -0.345 e. The molecular formula is C12H9N5. The van der Waals surface area contributed by atoms with Crippen LogP contribution in [-0.4, -0.2) is 19.7 Å². The molecule has 0 saturated carbocycles. The molecule has 3 heterocycles. The molecule has 0 aromatic carbocycles. The zero-order chi connectivity index (χ0) is 11.8. The molecule has 0 unspecified atom stereocenters. The van der Waals surface area contributed by atoms with E-state index in [-0.39, 0.29) is 0 Å². The van der Waals surface area contributed by atoms with Gasteiger partial charge in [0, 0.05) is 36.6 Å². The Morgan fingerprint density at radius 2 is 2.35 bits per heavy atom. The number of nitriles is 1. The summed E-state index contributed by atoms with van der Waals surface area (Å²) in [5, 5.41) is 14.1. The quantitative estimate of drug-likeness (QED) is 0.684. The molecule has 1 N–H and O–H groups in total. The molecule has 0 saturated heterocycles. The molecule has 0 fully saturated rings. The average molecular weight is 223 g/mol. The van der Waals surface area contributed by atoms with Gasteiger partial charge in [-0.05, 0) is 12.1 Å². The Morgan fingerprint density at radius 3 is 3.06 bits per heavy atom. The highest BCUT2D eigenvalue weighted by atomic mass is 15.2. The first-order chi connectivity index (χ1) is 8.28. The van der Waals surface area contributed by atoms with Gasteiger partial charge in [0.1, 0.15) is 11.7 Å². The number of nitrogens with one attached hydrogen (secondary N) is 1. The fourth-order valence-corrected chi connectivity index (χ4v) is 1.80. The zero-order valence-corrected chi connectivity index (χ0v) is 9.18. The summed E-state index contributed by atoms with van der Waals surface area (Å²) in [7, 11) is 1.87. The number of hydrogen-bond donors (Lipinski definition) is 1. The van der Waals surface area contributed by atoms with Gasteiger partial charge in [0.2, 0.25) is 0 Å². The molecule has 0 atom stereocenters. The summed E-state index contributed by atoms with van der Waals surface area (Å²) in [6, 6.07) is 5.99. The predicted octanol–water partition coefficient (Wildman–Crippen LogP) is 1.84. The van der Waals surface area contributed by atoms with Crippen LogP contribution < -0.4 is 0 Å². The molecule has 5 heteroatoms. The standard InChI is InChI=1S/C12H9N5/c1-17-3-2-11(16-17)8-4-10-9(5-13)7-15-12(10)14-6-8/h2-4,6-7H,1H3,(H,14,15). The van der Waals surface area contributed by atoms with Crippen molar-refractivity contribution in [1.29, 1.82) is 5.26 Å². The molecule has 0 bridgehead atoms. The highest BCUT2D eigenvalue weighted by Crippen LogP contribution is 2.22. The van der Waals surface area contributed by atoms with Crippen LogP contribution in [0, 0.1) is 11.3 Å². The molecule has 3 rings (SSSR count). The van der Waals surface area contributed by atoms with E-state index in [9.17, 15) is 0 Å². The smallest absolute Gasteiger partial charge is 0.138 e. The molecule has 3 aromatic heterocycles. The molecule has 17 heavy (non-hydrogen) atoms. The average Bonchev–Trinajstić information content (AvgIpc) is 2.94. The lowest BCUT2D eigenvalue weighted by Crippen LogP contribution is -1.88. The van der Waals surface area contributed by atoms with Gasteiger partial charge in [-0.25, -0.2) is 4.98 Å². The summed E-state index contributed by atoms with van der Waals surface area (Å²) in [4.78, 5) is 7.24.